The van der Waals surface area contributed by atoms with Crippen molar-refractivity contribution in [2.45, 2.75) is 65.6 Å². The van der Waals surface area contributed by atoms with Crippen molar-refractivity contribution >= 4 is 12.2 Å². The van der Waals surface area contributed by atoms with Gasteiger partial charge in [0.1, 0.15) is 6.29 Å². The molecule has 1 fully saturated rings. The molecule has 1 amide bonds. The van der Waals surface area contributed by atoms with Crippen molar-refractivity contribution in [2.75, 3.05) is 13.6 Å². The Morgan fingerprint density at radius 1 is 1.40 bits per heavy atom. The first-order chi connectivity index (χ1) is 9.15. The second-order valence-electron chi connectivity index (χ2n) is 6.66. The topological polar surface area (TPSA) is 75.4 Å². The van der Waals surface area contributed by atoms with E-state index in [1.54, 1.807) is 4.90 Å². The van der Waals surface area contributed by atoms with Crippen molar-refractivity contribution in [3.05, 3.63) is 0 Å². The number of carbonyl (C=O) groups excluding carboxylic acids is 2. The number of nitrogens with two attached hydrogens (primary N) is 1. The first kappa shape index (κ1) is 19.1. The molecule has 1 rings (SSSR count). The quantitative estimate of drug-likeness (QED) is 0.763. The molecule has 0 spiro atoms. The van der Waals surface area contributed by atoms with Crippen molar-refractivity contribution in [1.29, 1.82) is 0 Å². The summed E-state index contributed by atoms with van der Waals surface area (Å²) in [4.78, 5) is 24.4. The minimum atomic E-state index is -0.530. The van der Waals surface area contributed by atoms with Crippen LogP contribution in [0.15, 0.2) is 0 Å². The maximum Gasteiger partial charge on any atom is 0.240 e. The number of aldehydes is 1. The third-order valence-electron chi connectivity index (χ3n) is 3.52. The number of nitrogens with one attached hydrogen (secondary N) is 1. The van der Waals surface area contributed by atoms with E-state index in [4.69, 9.17) is 5.73 Å². The lowest BCUT2D eigenvalue weighted by molar-refractivity contribution is -0.137. The summed E-state index contributed by atoms with van der Waals surface area (Å²) in [6, 6.07) is -0.154. The normalized spacial score (nSPS) is 20.4. The van der Waals surface area contributed by atoms with Crippen LogP contribution >= 0.6 is 0 Å². The Labute approximate surface area is 123 Å². The van der Waals surface area contributed by atoms with Gasteiger partial charge < -0.3 is 20.7 Å². The molecule has 1 heterocycles. The van der Waals surface area contributed by atoms with Gasteiger partial charge in [0, 0.05) is 12.6 Å². The number of carbonyl (C=O) groups is 2. The predicted octanol–water partition coefficient (Wildman–Crippen LogP) is 1.16. The molecule has 0 bridgehead atoms. The zero-order valence-corrected chi connectivity index (χ0v) is 13.8. The third-order valence-corrected chi connectivity index (χ3v) is 3.52. The summed E-state index contributed by atoms with van der Waals surface area (Å²) in [5, 5.41) is 3.03. The molecule has 0 aromatic heterocycles. The second-order valence-corrected chi connectivity index (χ2v) is 6.66. The fourth-order valence-electron chi connectivity index (χ4n) is 1.76. The van der Waals surface area contributed by atoms with Crippen molar-refractivity contribution in [3.8, 4) is 0 Å². The van der Waals surface area contributed by atoms with Crippen LogP contribution in [-0.4, -0.2) is 48.8 Å². The van der Waals surface area contributed by atoms with Crippen molar-refractivity contribution in [2.24, 2.45) is 11.1 Å². The largest absolute Gasteiger partial charge is 0.332 e. The smallest absolute Gasteiger partial charge is 0.240 e. The maximum absolute atomic E-state index is 12.0. The van der Waals surface area contributed by atoms with Gasteiger partial charge in [0.15, 0.2) is 0 Å². The van der Waals surface area contributed by atoms with E-state index in [1.807, 2.05) is 27.8 Å². The van der Waals surface area contributed by atoms with Gasteiger partial charge in [-0.05, 0) is 25.3 Å². The molecule has 0 aliphatic carbocycles. The number of likely N-dealkylation sites (tertiary alicyclic amines) is 1. The molecular weight excluding hydrogens is 254 g/mol. The Hall–Kier alpha value is -0.940. The Morgan fingerprint density at radius 3 is 2.25 bits per heavy atom. The molecule has 20 heavy (non-hydrogen) atoms. The van der Waals surface area contributed by atoms with E-state index in [-0.39, 0.29) is 17.4 Å². The van der Waals surface area contributed by atoms with E-state index in [9.17, 15) is 9.59 Å². The van der Waals surface area contributed by atoms with Gasteiger partial charge >= 0.3 is 0 Å². The van der Waals surface area contributed by atoms with Crippen molar-refractivity contribution in [3.63, 3.8) is 0 Å². The first-order valence-corrected chi connectivity index (χ1v) is 7.33. The van der Waals surface area contributed by atoms with E-state index in [2.05, 4.69) is 19.2 Å². The monoisotopic (exact) mass is 285 g/mol. The van der Waals surface area contributed by atoms with Crippen LogP contribution < -0.4 is 11.1 Å². The number of hydrogen-bond acceptors (Lipinski definition) is 4. The number of rotatable bonds is 3. The molecule has 3 N–H and O–H groups in total. The van der Waals surface area contributed by atoms with E-state index < -0.39 is 6.04 Å². The lowest BCUT2D eigenvalue weighted by atomic mass is 9.86. The Morgan fingerprint density at radius 2 is 1.90 bits per heavy atom. The van der Waals surface area contributed by atoms with Crippen LogP contribution in [0.3, 0.4) is 0 Å². The number of hydrogen-bond donors (Lipinski definition) is 2. The van der Waals surface area contributed by atoms with Gasteiger partial charge in [-0.25, -0.2) is 0 Å². The maximum atomic E-state index is 12.0. The van der Waals surface area contributed by atoms with Gasteiger partial charge in [0.2, 0.25) is 5.91 Å². The molecule has 2 atom stereocenters. The summed E-state index contributed by atoms with van der Waals surface area (Å²) in [6.07, 6.45) is 2.51. The molecule has 0 aromatic carbocycles. The fraction of sp³-hybridized carbons (Fsp3) is 0.867. The lowest BCUT2D eigenvalue weighted by Gasteiger charge is -2.31. The number of nitrogens with zero attached hydrogens (tertiary/aromatic N) is 1. The predicted molar refractivity (Wildman–Crippen MR) is 82.4 cm³/mol. The average molecular weight is 285 g/mol. The number of amides is 1. The third kappa shape index (κ3) is 6.01. The highest BCUT2D eigenvalue weighted by Crippen LogP contribution is 2.23. The fourth-order valence-corrected chi connectivity index (χ4v) is 1.76. The summed E-state index contributed by atoms with van der Waals surface area (Å²) in [6.45, 7) is 10.7. The molecule has 5 nitrogen and oxygen atoms in total. The lowest BCUT2D eigenvalue weighted by Crippen LogP contribution is -2.52. The minimum Gasteiger partial charge on any atom is -0.332 e. The van der Waals surface area contributed by atoms with Crippen LogP contribution in [0, 0.1) is 5.41 Å². The highest BCUT2D eigenvalue weighted by Gasteiger charge is 2.36. The highest BCUT2D eigenvalue weighted by atomic mass is 16.2. The summed E-state index contributed by atoms with van der Waals surface area (Å²) in [5.41, 5.74) is 5.63. The molecule has 1 aliphatic heterocycles. The zero-order valence-electron chi connectivity index (χ0n) is 13.8. The van der Waals surface area contributed by atoms with Crippen LogP contribution in [0.4, 0.5) is 0 Å². The standard InChI is InChI=1S/C11H20N2O2.C4H11N/c1-11(2,3)9(12)10(15)13-6-4-5-8(13)7-14;1-4(2)5-3/h7-9H,4-6,12H2,1-3H3;4-5H,1-3H3. The zero-order chi connectivity index (χ0) is 15.9. The van der Waals surface area contributed by atoms with Crippen LogP contribution in [0.2, 0.25) is 0 Å². The Kier molecular flexibility index (Phi) is 7.98. The molecular formula is C15H31N3O2. The van der Waals surface area contributed by atoms with Crippen molar-refractivity contribution < 1.29 is 9.59 Å². The molecule has 0 aromatic rings. The second kappa shape index (κ2) is 8.37. The average Bonchev–Trinajstić information content (AvgIpc) is 2.84. The molecule has 118 valence electrons. The summed E-state index contributed by atoms with van der Waals surface area (Å²) >= 11 is 0. The first-order valence-electron chi connectivity index (χ1n) is 7.33. The molecule has 5 heteroatoms. The SMILES string of the molecule is CC(C)(C)C(N)C(=O)N1CCCC1C=O.CNC(C)C. The Bertz CT molecular complexity index is 311. The highest BCUT2D eigenvalue weighted by molar-refractivity contribution is 5.85. The molecule has 2 unspecified atom stereocenters. The molecule has 1 aliphatic rings. The van der Waals surface area contributed by atoms with Gasteiger partial charge in [-0.15, -0.1) is 0 Å². The summed E-state index contributed by atoms with van der Waals surface area (Å²) in [7, 11) is 1.95. The van der Waals surface area contributed by atoms with Gasteiger partial charge in [0.25, 0.3) is 0 Å². The van der Waals surface area contributed by atoms with Gasteiger partial charge in [-0.1, -0.05) is 34.6 Å². The van der Waals surface area contributed by atoms with E-state index in [1.165, 1.54) is 0 Å². The van der Waals surface area contributed by atoms with Gasteiger partial charge in [-0.2, -0.15) is 0 Å². The minimum absolute atomic E-state index is 0.0999. The van der Waals surface area contributed by atoms with Crippen LogP contribution in [0.5, 0.6) is 0 Å². The summed E-state index contributed by atoms with van der Waals surface area (Å²) in [5.74, 6) is -0.0999. The Balaban J connectivity index is 0.000000621. The van der Waals surface area contributed by atoms with Crippen LogP contribution in [0.25, 0.3) is 0 Å². The van der Waals surface area contributed by atoms with E-state index >= 15 is 0 Å². The molecule has 0 radical (unpaired) electrons. The molecule has 0 saturated carbocycles. The van der Waals surface area contributed by atoms with E-state index in [0.29, 0.717) is 12.6 Å². The van der Waals surface area contributed by atoms with Gasteiger partial charge in [0.05, 0.1) is 12.1 Å². The van der Waals surface area contributed by atoms with Gasteiger partial charge in [-0.3, -0.25) is 4.79 Å². The van der Waals surface area contributed by atoms with Crippen LogP contribution in [-0.2, 0) is 9.59 Å². The molecule has 1 saturated heterocycles. The van der Waals surface area contributed by atoms with Crippen molar-refractivity contribution in [1.82, 2.24) is 10.2 Å². The summed E-state index contributed by atoms with van der Waals surface area (Å²) < 4.78 is 0. The van der Waals surface area contributed by atoms with Crippen LogP contribution in [0.1, 0.15) is 47.5 Å². The van der Waals surface area contributed by atoms with E-state index in [0.717, 1.165) is 19.1 Å².